The molecule has 2 N–H and O–H groups in total. The molecule has 1 nitrogen and oxygen atoms in total. The molecule has 0 fully saturated rings. The summed E-state index contributed by atoms with van der Waals surface area (Å²) in [6, 6.07) is 0.386. The molecule has 0 heterocycles. The van der Waals surface area contributed by atoms with Gasteiger partial charge in [-0.3, -0.25) is 0 Å². The van der Waals surface area contributed by atoms with Crippen molar-refractivity contribution < 1.29 is 0 Å². The topological polar surface area (TPSA) is 26.0 Å². The molecule has 0 aliphatic rings. The van der Waals surface area contributed by atoms with Gasteiger partial charge in [-0.15, -0.1) is 0 Å². The Hall–Kier alpha value is -0.0400. The third-order valence-corrected chi connectivity index (χ3v) is 2.98. The zero-order valence-electron chi connectivity index (χ0n) is 9.19. The van der Waals surface area contributed by atoms with E-state index in [4.69, 9.17) is 5.73 Å². The maximum Gasteiger partial charge on any atom is 0.00902 e. The number of rotatable bonds is 6. The van der Waals surface area contributed by atoms with Crippen LogP contribution in [-0.4, -0.2) is 6.04 Å². The Labute approximate surface area is 77.7 Å². The third-order valence-electron chi connectivity index (χ3n) is 2.98. The summed E-state index contributed by atoms with van der Waals surface area (Å²) in [5.41, 5.74) is 6.51. The minimum absolute atomic E-state index is 0.386. The van der Waals surface area contributed by atoms with Gasteiger partial charge in [-0.2, -0.15) is 0 Å². The molecule has 1 heteroatoms. The lowest BCUT2D eigenvalue weighted by Crippen LogP contribution is -2.38. The molecule has 0 aromatic rings. The molecule has 0 radical (unpaired) electrons. The van der Waals surface area contributed by atoms with Gasteiger partial charge in [-0.05, 0) is 24.7 Å². The lowest BCUT2D eigenvalue weighted by molar-refractivity contribution is 0.203. The van der Waals surface area contributed by atoms with Crippen molar-refractivity contribution in [1.29, 1.82) is 0 Å². The standard InChI is InChI=1S/C11H25N/c1-5-8-11(4,9-6-2)10(12)7-3/h10H,5-9,12H2,1-4H3. The van der Waals surface area contributed by atoms with Crippen LogP contribution in [0.3, 0.4) is 0 Å². The van der Waals surface area contributed by atoms with Gasteiger partial charge < -0.3 is 5.73 Å². The molecular formula is C11H25N. The molecule has 0 aliphatic carbocycles. The van der Waals surface area contributed by atoms with Crippen LogP contribution in [-0.2, 0) is 0 Å². The predicted octanol–water partition coefficient (Wildman–Crippen LogP) is 3.33. The quantitative estimate of drug-likeness (QED) is 0.652. The van der Waals surface area contributed by atoms with Crippen molar-refractivity contribution >= 4 is 0 Å². The molecule has 0 amide bonds. The Kier molecular flexibility index (Phi) is 5.56. The van der Waals surface area contributed by atoms with Crippen molar-refractivity contribution in [3.8, 4) is 0 Å². The second-order valence-electron chi connectivity index (χ2n) is 4.17. The Bertz CT molecular complexity index is 104. The SMILES string of the molecule is CCCC(C)(CCC)C(N)CC. The minimum atomic E-state index is 0.386. The van der Waals surface area contributed by atoms with E-state index in [2.05, 4.69) is 27.7 Å². The summed E-state index contributed by atoms with van der Waals surface area (Å²) in [6.07, 6.45) is 6.16. The third kappa shape index (κ3) is 3.14. The van der Waals surface area contributed by atoms with Gasteiger partial charge in [-0.1, -0.05) is 40.5 Å². The van der Waals surface area contributed by atoms with Gasteiger partial charge in [0.1, 0.15) is 0 Å². The van der Waals surface area contributed by atoms with Crippen molar-refractivity contribution in [1.82, 2.24) is 0 Å². The van der Waals surface area contributed by atoms with Crippen LogP contribution < -0.4 is 5.73 Å². The van der Waals surface area contributed by atoms with Gasteiger partial charge in [0.05, 0.1) is 0 Å². The van der Waals surface area contributed by atoms with Crippen molar-refractivity contribution in [2.75, 3.05) is 0 Å². The maximum absolute atomic E-state index is 6.12. The predicted molar refractivity (Wildman–Crippen MR) is 56.2 cm³/mol. The van der Waals surface area contributed by atoms with E-state index in [-0.39, 0.29) is 0 Å². The van der Waals surface area contributed by atoms with Crippen molar-refractivity contribution in [3.63, 3.8) is 0 Å². The first kappa shape index (κ1) is 12.0. The van der Waals surface area contributed by atoms with Crippen molar-refractivity contribution in [2.24, 2.45) is 11.1 Å². The summed E-state index contributed by atoms with van der Waals surface area (Å²) in [5, 5.41) is 0. The fraction of sp³-hybridized carbons (Fsp3) is 1.00. The second kappa shape index (κ2) is 5.58. The van der Waals surface area contributed by atoms with Crippen LogP contribution in [0.1, 0.15) is 59.8 Å². The molecule has 0 rings (SSSR count). The van der Waals surface area contributed by atoms with Gasteiger partial charge in [0.2, 0.25) is 0 Å². The molecule has 12 heavy (non-hydrogen) atoms. The van der Waals surface area contributed by atoms with Crippen LogP contribution >= 0.6 is 0 Å². The molecule has 1 atom stereocenters. The normalized spacial score (nSPS) is 14.8. The van der Waals surface area contributed by atoms with E-state index in [1.165, 1.54) is 25.7 Å². The minimum Gasteiger partial charge on any atom is -0.327 e. The largest absolute Gasteiger partial charge is 0.327 e. The molecular weight excluding hydrogens is 146 g/mol. The zero-order chi connectivity index (χ0) is 9.61. The Balaban J connectivity index is 4.15. The highest BCUT2D eigenvalue weighted by Gasteiger charge is 2.28. The second-order valence-corrected chi connectivity index (χ2v) is 4.17. The molecule has 0 bridgehead atoms. The van der Waals surface area contributed by atoms with Gasteiger partial charge in [0, 0.05) is 6.04 Å². The summed E-state index contributed by atoms with van der Waals surface area (Å²) in [4.78, 5) is 0. The molecule has 1 unspecified atom stereocenters. The highest BCUT2D eigenvalue weighted by molar-refractivity contribution is 4.83. The molecule has 0 aliphatic heterocycles. The average Bonchev–Trinajstić information content (AvgIpc) is 2.04. The Morgan fingerprint density at radius 3 is 1.75 bits per heavy atom. The molecule has 0 saturated carbocycles. The van der Waals surface area contributed by atoms with E-state index >= 15 is 0 Å². The van der Waals surface area contributed by atoms with Crippen LogP contribution in [0.15, 0.2) is 0 Å². The van der Waals surface area contributed by atoms with Crippen LogP contribution in [0.25, 0.3) is 0 Å². The van der Waals surface area contributed by atoms with E-state index in [0.29, 0.717) is 11.5 Å². The van der Waals surface area contributed by atoms with Crippen LogP contribution in [0.5, 0.6) is 0 Å². The first-order chi connectivity index (χ1) is 5.60. The van der Waals surface area contributed by atoms with Crippen molar-refractivity contribution in [3.05, 3.63) is 0 Å². The van der Waals surface area contributed by atoms with E-state index in [1.54, 1.807) is 0 Å². The van der Waals surface area contributed by atoms with Crippen LogP contribution in [0.4, 0.5) is 0 Å². The highest BCUT2D eigenvalue weighted by Crippen LogP contribution is 2.33. The monoisotopic (exact) mass is 171 g/mol. The van der Waals surface area contributed by atoms with E-state index in [0.717, 1.165) is 6.42 Å². The summed E-state index contributed by atoms with van der Waals surface area (Å²) < 4.78 is 0. The number of hydrogen-bond acceptors (Lipinski definition) is 1. The fourth-order valence-electron chi connectivity index (χ4n) is 2.13. The first-order valence-corrected chi connectivity index (χ1v) is 5.36. The van der Waals surface area contributed by atoms with E-state index in [1.807, 2.05) is 0 Å². The summed E-state index contributed by atoms with van der Waals surface area (Å²) in [6.45, 7) is 9.02. The van der Waals surface area contributed by atoms with Crippen molar-refractivity contribution in [2.45, 2.75) is 65.8 Å². The van der Waals surface area contributed by atoms with E-state index in [9.17, 15) is 0 Å². The Morgan fingerprint density at radius 2 is 1.50 bits per heavy atom. The highest BCUT2D eigenvalue weighted by atomic mass is 14.7. The van der Waals surface area contributed by atoms with Gasteiger partial charge in [-0.25, -0.2) is 0 Å². The zero-order valence-corrected chi connectivity index (χ0v) is 9.19. The molecule has 0 saturated heterocycles. The first-order valence-electron chi connectivity index (χ1n) is 5.36. The van der Waals surface area contributed by atoms with Crippen LogP contribution in [0, 0.1) is 5.41 Å². The van der Waals surface area contributed by atoms with E-state index < -0.39 is 0 Å². The van der Waals surface area contributed by atoms with Crippen LogP contribution in [0.2, 0.25) is 0 Å². The van der Waals surface area contributed by atoms with Gasteiger partial charge in [0.25, 0.3) is 0 Å². The lowest BCUT2D eigenvalue weighted by atomic mass is 9.74. The lowest BCUT2D eigenvalue weighted by Gasteiger charge is -2.34. The van der Waals surface area contributed by atoms with Gasteiger partial charge >= 0.3 is 0 Å². The maximum atomic E-state index is 6.12. The Morgan fingerprint density at radius 1 is 1.08 bits per heavy atom. The summed E-state index contributed by atoms with van der Waals surface area (Å²) in [5.74, 6) is 0. The summed E-state index contributed by atoms with van der Waals surface area (Å²) >= 11 is 0. The molecule has 74 valence electrons. The molecule has 0 aromatic heterocycles. The molecule has 0 aromatic carbocycles. The molecule has 0 spiro atoms. The smallest absolute Gasteiger partial charge is 0.00902 e. The number of hydrogen-bond donors (Lipinski definition) is 1. The van der Waals surface area contributed by atoms with Gasteiger partial charge in [0.15, 0.2) is 0 Å². The fourth-order valence-corrected chi connectivity index (χ4v) is 2.13. The number of nitrogens with two attached hydrogens (primary N) is 1. The summed E-state index contributed by atoms with van der Waals surface area (Å²) in [7, 11) is 0. The average molecular weight is 171 g/mol.